The average molecular weight is 529 g/mol. The van der Waals surface area contributed by atoms with E-state index >= 15 is 0 Å². The first-order valence-corrected chi connectivity index (χ1v) is 14.5. The SMILES string of the molecule is CC1=CC(c2ccccc2)=C[C@@]1(C)CN1c2ccccc2NC1c1ccc2c3ccccc3c3ccccc3c2c1. The number of hydrogen-bond donors (Lipinski definition) is 1. The summed E-state index contributed by atoms with van der Waals surface area (Å²) in [4.78, 5) is 2.57. The second-order valence-corrected chi connectivity index (χ2v) is 11.8. The van der Waals surface area contributed by atoms with Crippen LogP contribution in [-0.4, -0.2) is 6.54 Å². The molecule has 6 aromatic rings. The summed E-state index contributed by atoms with van der Waals surface area (Å²) >= 11 is 0. The maximum atomic E-state index is 3.89. The van der Waals surface area contributed by atoms with Crippen LogP contribution < -0.4 is 10.2 Å². The van der Waals surface area contributed by atoms with Gasteiger partial charge in [0.05, 0.1) is 11.4 Å². The highest BCUT2D eigenvalue weighted by molar-refractivity contribution is 6.25. The van der Waals surface area contributed by atoms with Crippen molar-refractivity contribution in [3.05, 3.63) is 150 Å². The lowest BCUT2D eigenvalue weighted by atomic mass is 9.84. The minimum absolute atomic E-state index is 0.0424. The fourth-order valence-corrected chi connectivity index (χ4v) is 6.96. The Morgan fingerprint density at radius 2 is 1.24 bits per heavy atom. The monoisotopic (exact) mass is 528 g/mol. The molecular weight excluding hydrogens is 496 g/mol. The van der Waals surface area contributed by atoms with Crippen molar-refractivity contribution in [2.45, 2.75) is 20.0 Å². The van der Waals surface area contributed by atoms with Gasteiger partial charge in [-0.3, -0.25) is 0 Å². The van der Waals surface area contributed by atoms with Gasteiger partial charge in [-0.25, -0.2) is 0 Å². The van der Waals surface area contributed by atoms with Crippen molar-refractivity contribution in [2.75, 3.05) is 16.8 Å². The topological polar surface area (TPSA) is 15.3 Å². The lowest BCUT2D eigenvalue weighted by Crippen LogP contribution is -2.37. The molecule has 41 heavy (non-hydrogen) atoms. The summed E-state index contributed by atoms with van der Waals surface area (Å²) in [7, 11) is 0. The molecule has 198 valence electrons. The molecule has 2 heteroatoms. The summed E-state index contributed by atoms with van der Waals surface area (Å²) in [6.07, 6.45) is 4.88. The van der Waals surface area contributed by atoms with E-state index in [0.717, 1.165) is 6.54 Å². The molecule has 1 aliphatic heterocycles. The number of nitrogens with one attached hydrogen (secondary N) is 1. The molecular formula is C39H32N2. The van der Waals surface area contributed by atoms with Gasteiger partial charge < -0.3 is 10.2 Å². The third-order valence-electron chi connectivity index (χ3n) is 9.25. The second kappa shape index (κ2) is 9.11. The predicted molar refractivity (Wildman–Crippen MR) is 175 cm³/mol. The van der Waals surface area contributed by atoms with Crippen LogP contribution in [0.25, 0.3) is 37.9 Å². The van der Waals surface area contributed by atoms with Crippen molar-refractivity contribution in [1.82, 2.24) is 0 Å². The Kier molecular flexibility index (Phi) is 5.33. The van der Waals surface area contributed by atoms with Gasteiger partial charge in [-0.05, 0) is 74.1 Å². The van der Waals surface area contributed by atoms with Gasteiger partial charge in [0, 0.05) is 12.0 Å². The Morgan fingerprint density at radius 1 is 0.659 bits per heavy atom. The molecule has 8 rings (SSSR count). The molecule has 0 radical (unpaired) electrons. The number of rotatable bonds is 4. The van der Waals surface area contributed by atoms with Crippen LogP contribution in [0, 0.1) is 5.41 Å². The molecule has 1 aliphatic carbocycles. The van der Waals surface area contributed by atoms with E-state index in [2.05, 4.69) is 158 Å². The summed E-state index contributed by atoms with van der Waals surface area (Å²) in [6.45, 7) is 5.55. The van der Waals surface area contributed by atoms with Crippen LogP contribution in [0.15, 0.2) is 139 Å². The highest BCUT2D eigenvalue weighted by Gasteiger charge is 2.38. The predicted octanol–water partition coefficient (Wildman–Crippen LogP) is 10.1. The third-order valence-corrected chi connectivity index (χ3v) is 9.25. The standard InChI is InChI=1S/C39H32N2/c1-26-22-29(27-12-4-3-5-13-27)24-39(26,2)25-41-37-19-11-10-18-36(37)40-38(41)28-20-21-34-32-16-7-6-14-30(32)31-15-8-9-17-33(31)35(34)23-28/h3-24,38,40H,25H2,1-2H3/t38?,39-/m0/s1. The molecule has 2 atom stereocenters. The zero-order chi connectivity index (χ0) is 27.6. The molecule has 6 aromatic carbocycles. The van der Waals surface area contributed by atoms with Crippen LogP contribution in [0.2, 0.25) is 0 Å². The van der Waals surface area contributed by atoms with Gasteiger partial charge in [0.25, 0.3) is 0 Å². The third kappa shape index (κ3) is 3.78. The average Bonchev–Trinajstić information content (AvgIpc) is 3.54. The van der Waals surface area contributed by atoms with Crippen LogP contribution in [0.5, 0.6) is 0 Å². The molecule has 0 spiro atoms. The fourth-order valence-electron chi connectivity index (χ4n) is 6.96. The fraction of sp³-hybridized carbons (Fsp3) is 0.128. The van der Waals surface area contributed by atoms with Gasteiger partial charge in [0.2, 0.25) is 0 Å². The van der Waals surface area contributed by atoms with Gasteiger partial charge in [0.1, 0.15) is 6.17 Å². The van der Waals surface area contributed by atoms with Crippen molar-refractivity contribution in [2.24, 2.45) is 5.41 Å². The molecule has 0 saturated carbocycles. The molecule has 2 nitrogen and oxygen atoms in total. The summed E-state index contributed by atoms with van der Waals surface area (Å²) in [5.41, 5.74) is 7.64. The highest BCUT2D eigenvalue weighted by Crippen LogP contribution is 2.48. The van der Waals surface area contributed by atoms with Crippen LogP contribution in [-0.2, 0) is 0 Å². The normalized spacial score (nSPS) is 19.9. The quantitative estimate of drug-likeness (QED) is 0.229. The number of benzene rings is 6. The number of hydrogen-bond acceptors (Lipinski definition) is 2. The molecule has 1 N–H and O–H groups in total. The zero-order valence-corrected chi connectivity index (χ0v) is 23.4. The molecule has 1 heterocycles. The Hall–Kier alpha value is -4.82. The molecule has 0 aromatic heterocycles. The first kappa shape index (κ1) is 24.0. The van der Waals surface area contributed by atoms with Crippen molar-refractivity contribution in [3.8, 4) is 0 Å². The van der Waals surface area contributed by atoms with E-state index in [1.165, 1.54) is 66.0 Å². The second-order valence-electron chi connectivity index (χ2n) is 11.8. The lowest BCUT2D eigenvalue weighted by molar-refractivity contribution is 0.493. The molecule has 0 amide bonds. The van der Waals surface area contributed by atoms with Gasteiger partial charge in [-0.15, -0.1) is 0 Å². The summed E-state index contributed by atoms with van der Waals surface area (Å²) in [5, 5.41) is 11.7. The number of para-hydroxylation sites is 2. The van der Waals surface area contributed by atoms with Crippen molar-refractivity contribution >= 4 is 49.3 Å². The summed E-state index contributed by atoms with van der Waals surface area (Å²) in [5.74, 6) is 0. The molecule has 1 unspecified atom stereocenters. The Morgan fingerprint density at radius 3 is 1.95 bits per heavy atom. The highest BCUT2D eigenvalue weighted by atomic mass is 15.3. The minimum Gasteiger partial charge on any atom is -0.360 e. The van der Waals surface area contributed by atoms with Crippen molar-refractivity contribution in [1.29, 1.82) is 0 Å². The largest absolute Gasteiger partial charge is 0.360 e. The van der Waals surface area contributed by atoms with Crippen LogP contribution in [0.4, 0.5) is 11.4 Å². The maximum Gasteiger partial charge on any atom is 0.126 e. The van der Waals surface area contributed by atoms with Crippen LogP contribution in [0.1, 0.15) is 31.1 Å². The first-order valence-electron chi connectivity index (χ1n) is 14.5. The Bertz CT molecular complexity index is 2000. The van der Waals surface area contributed by atoms with Gasteiger partial charge in [-0.2, -0.15) is 0 Å². The van der Waals surface area contributed by atoms with Crippen molar-refractivity contribution < 1.29 is 0 Å². The molecule has 0 bridgehead atoms. The molecule has 2 aliphatic rings. The van der Waals surface area contributed by atoms with Crippen LogP contribution >= 0.6 is 0 Å². The zero-order valence-electron chi connectivity index (χ0n) is 23.4. The first-order chi connectivity index (χ1) is 20.1. The van der Waals surface area contributed by atoms with Crippen molar-refractivity contribution in [3.63, 3.8) is 0 Å². The van der Waals surface area contributed by atoms with E-state index in [1.807, 2.05) is 0 Å². The lowest BCUT2D eigenvalue weighted by Gasteiger charge is -2.35. The summed E-state index contributed by atoms with van der Waals surface area (Å²) in [6, 6.07) is 44.2. The number of allylic oxidation sites excluding steroid dienone is 2. The number of nitrogens with zero attached hydrogens (tertiary/aromatic N) is 1. The van der Waals surface area contributed by atoms with Gasteiger partial charge >= 0.3 is 0 Å². The van der Waals surface area contributed by atoms with Crippen LogP contribution in [0.3, 0.4) is 0 Å². The smallest absolute Gasteiger partial charge is 0.126 e. The van der Waals surface area contributed by atoms with E-state index in [1.54, 1.807) is 0 Å². The van der Waals surface area contributed by atoms with E-state index in [9.17, 15) is 0 Å². The Balaban J connectivity index is 1.25. The molecule has 0 fully saturated rings. The van der Waals surface area contributed by atoms with E-state index in [0.29, 0.717) is 0 Å². The Labute approximate surface area is 241 Å². The molecule has 0 saturated heterocycles. The number of anilines is 2. The van der Waals surface area contributed by atoms with E-state index < -0.39 is 0 Å². The summed E-state index contributed by atoms with van der Waals surface area (Å²) < 4.78 is 0. The van der Waals surface area contributed by atoms with Gasteiger partial charge in [-0.1, -0.05) is 128 Å². The minimum atomic E-state index is -0.0810. The maximum absolute atomic E-state index is 3.89. The van der Waals surface area contributed by atoms with E-state index in [-0.39, 0.29) is 11.6 Å². The van der Waals surface area contributed by atoms with Gasteiger partial charge in [0.15, 0.2) is 0 Å². The van der Waals surface area contributed by atoms with E-state index in [4.69, 9.17) is 0 Å². The number of fused-ring (bicyclic) bond motifs is 7.